The molecule has 2 aliphatic rings. The molecule has 204 valence electrons. The molecule has 39 heavy (non-hydrogen) atoms. The summed E-state index contributed by atoms with van der Waals surface area (Å²) in [6, 6.07) is 9.17. The molecule has 0 bridgehead atoms. The van der Waals surface area contributed by atoms with Gasteiger partial charge < -0.3 is 19.9 Å². The number of nitrogens with zero attached hydrogens (tertiary/aromatic N) is 4. The van der Waals surface area contributed by atoms with E-state index in [1.54, 1.807) is 42.5 Å². The topological polar surface area (TPSA) is 87.7 Å². The molecule has 4 heterocycles. The van der Waals surface area contributed by atoms with E-state index in [9.17, 15) is 22.8 Å². The molecular weight excluding hydrogens is 511 g/mol. The van der Waals surface area contributed by atoms with Gasteiger partial charge in [0.05, 0.1) is 23.8 Å². The minimum absolute atomic E-state index is 0.0599. The van der Waals surface area contributed by atoms with Crippen molar-refractivity contribution in [1.29, 1.82) is 0 Å². The van der Waals surface area contributed by atoms with E-state index < -0.39 is 29.3 Å². The highest BCUT2D eigenvalue weighted by atomic mass is 19.4. The molecule has 1 saturated heterocycles. The second kappa shape index (κ2) is 10.9. The quantitative estimate of drug-likeness (QED) is 0.514. The summed E-state index contributed by atoms with van der Waals surface area (Å²) in [4.78, 5) is 38.1. The normalized spacial score (nSPS) is 17.6. The van der Waals surface area contributed by atoms with E-state index in [2.05, 4.69) is 20.2 Å². The van der Waals surface area contributed by atoms with Crippen molar-refractivity contribution in [1.82, 2.24) is 20.2 Å². The van der Waals surface area contributed by atoms with Gasteiger partial charge in [-0.15, -0.1) is 0 Å². The Morgan fingerprint density at radius 2 is 1.74 bits per heavy atom. The molecule has 3 aromatic rings. The summed E-state index contributed by atoms with van der Waals surface area (Å²) in [5.41, 5.74) is 0.480. The monoisotopic (exact) mass is 539 g/mol. The summed E-state index contributed by atoms with van der Waals surface area (Å²) >= 11 is 0. The highest BCUT2D eigenvalue weighted by Gasteiger charge is 2.36. The molecule has 1 fully saturated rings. The number of carbonyl (C=O) groups is 2. The van der Waals surface area contributed by atoms with Crippen LogP contribution in [-0.4, -0.2) is 59.5 Å². The SMILES string of the molecule is CN(C(=O)c1ccc2c(c1)C(NC(=O)c1cnccc1C(F)(F)F)CCO2)C1CCN(c2ccncc2)CC1. The molecule has 1 aromatic carbocycles. The first-order valence-corrected chi connectivity index (χ1v) is 12.7. The Balaban J connectivity index is 1.29. The lowest BCUT2D eigenvalue weighted by Crippen LogP contribution is -2.45. The van der Waals surface area contributed by atoms with Gasteiger partial charge in [-0.1, -0.05) is 0 Å². The summed E-state index contributed by atoms with van der Waals surface area (Å²) in [6.07, 6.45) is 2.71. The first-order valence-electron chi connectivity index (χ1n) is 12.7. The fourth-order valence-corrected chi connectivity index (χ4v) is 5.17. The zero-order valence-electron chi connectivity index (χ0n) is 21.3. The molecule has 0 spiro atoms. The molecule has 2 aromatic heterocycles. The summed E-state index contributed by atoms with van der Waals surface area (Å²) in [5, 5.41) is 2.69. The van der Waals surface area contributed by atoms with E-state index in [4.69, 9.17) is 4.74 Å². The van der Waals surface area contributed by atoms with Crippen molar-refractivity contribution in [2.75, 3.05) is 31.6 Å². The summed E-state index contributed by atoms with van der Waals surface area (Å²) < 4.78 is 46.0. The van der Waals surface area contributed by atoms with E-state index in [1.165, 1.54) is 0 Å². The number of piperidine rings is 1. The molecule has 5 rings (SSSR count). The first-order chi connectivity index (χ1) is 18.7. The number of ether oxygens (including phenoxy) is 1. The third-order valence-corrected chi connectivity index (χ3v) is 7.33. The maximum absolute atomic E-state index is 13.4. The zero-order chi connectivity index (χ0) is 27.6. The van der Waals surface area contributed by atoms with Gasteiger partial charge in [0, 0.05) is 74.2 Å². The summed E-state index contributed by atoms with van der Waals surface area (Å²) in [7, 11) is 1.78. The van der Waals surface area contributed by atoms with Crippen LogP contribution in [0.3, 0.4) is 0 Å². The smallest absolute Gasteiger partial charge is 0.417 e. The van der Waals surface area contributed by atoms with Crippen LogP contribution in [-0.2, 0) is 6.18 Å². The summed E-state index contributed by atoms with van der Waals surface area (Å²) in [5.74, 6) is -0.566. The molecule has 11 heteroatoms. The number of pyridine rings is 2. The Labute approximate surface area is 223 Å². The Morgan fingerprint density at radius 3 is 2.46 bits per heavy atom. The van der Waals surface area contributed by atoms with E-state index >= 15 is 0 Å². The number of halogens is 3. The lowest BCUT2D eigenvalue weighted by molar-refractivity contribution is -0.138. The van der Waals surface area contributed by atoms with E-state index in [-0.39, 0.29) is 18.6 Å². The molecule has 2 aliphatic heterocycles. The van der Waals surface area contributed by atoms with E-state index in [1.807, 2.05) is 12.1 Å². The van der Waals surface area contributed by atoms with Crippen molar-refractivity contribution < 1.29 is 27.5 Å². The highest BCUT2D eigenvalue weighted by Crippen LogP contribution is 2.35. The van der Waals surface area contributed by atoms with Gasteiger partial charge in [0.2, 0.25) is 0 Å². The van der Waals surface area contributed by atoms with Crippen LogP contribution in [0.1, 0.15) is 57.1 Å². The molecule has 1 atom stereocenters. The number of hydrogen-bond donors (Lipinski definition) is 1. The Hall–Kier alpha value is -4.15. The number of alkyl halides is 3. The second-order valence-electron chi connectivity index (χ2n) is 9.67. The molecule has 1 unspecified atom stereocenters. The van der Waals surface area contributed by atoms with Crippen molar-refractivity contribution in [3.05, 3.63) is 83.4 Å². The highest BCUT2D eigenvalue weighted by molar-refractivity contribution is 5.96. The van der Waals surface area contributed by atoms with Gasteiger partial charge in [-0.05, 0) is 49.2 Å². The third kappa shape index (κ3) is 5.67. The van der Waals surface area contributed by atoms with Crippen LogP contribution in [0.25, 0.3) is 0 Å². The van der Waals surface area contributed by atoms with Crippen molar-refractivity contribution in [3.8, 4) is 5.75 Å². The number of carbonyl (C=O) groups excluding carboxylic acids is 2. The van der Waals surface area contributed by atoms with Gasteiger partial charge in [0.1, 0.15) is 5.75 Å². The lowest BCUT2D eigenvalue weighted by atomic mass is 9.96. The number of benzene rings is 1. The van der Waals surface area contributed by atoms with E-state index in [0.717, 1.165) is 50.1 Å². The number of nitrogens with one attached hydrogen (secondary N) is 1. The minimum Gasteiger partial charge on any atom is -0.493 e. The Morgan fingerprint density at radius 1 is 1.03 bits per heavy atom. The number of hydrogen-bond acceptors (Lipinski definition) is 6. The van der Waals surface area contributed by atoms with Crippen molar-refractivity contribution in [2.24, 2.45) is 0 Å². The number of fused-ring (bicyclic) bond motifs is 1. The number of amides is 2. The van der Waals surface area contributed by atoms with Crippen LogP contribution in [0.15, 0.2) is 61.2 Å². The molecule has 0 aliphatic carbocycles. The number of anilines is 1. The van der Waals surface area contributed by atoms with Crippen LogP contribution >= 0.6 is 0 Å². The van der Waals surface area contributed by atoms with Gasteiger partial charge in [0.25, 0.3) is 11.8 Å². The average Bonchev–Trinajstić information content (AvgIpc) is 2.96. The van der Waals surface area contributed by atoms with Gasteiger partial charge >= 0.3 is 6.18 Å². The molecule has 8 nitrogen and oxygen atoms in total. The molecule has 0 radical (unpaired) electrons. The average molecular weight is 540 g/mol. The van der Waals surface area contributed by atoms with Gasteiger partial charge in [-0.25, -0.2) is 0 Å². The molecule has 2 amide bonds. The lowest BCUT2D eigenvalue weighted by Gasteiger charge is -2.38. The van der Waals surface area contributed by atoms with Gasteiger partial charge in [-0.3, -0.25) is 19.6 Å². The number of aromatic nitrogens is 2. The van der Waals surface area contributed by atoms with Crippen LogP contribution in [0, 0.1) is 0 Å². The standard InChI is InChI=1S/C28H28F3N5O3/c1-35(19-7-13-36(14-8-19)20-4-10-32-11-5-20)27(38)18-2-3-25-21(16-18)24(9-15-39-25)34-26(37)22-17-33-12-6-23(22)28(29,30)31/h2-6,10-12,16-17,19,24H,7-9,13-15H2,1H3,(H,34,37). The third-order valence-electron chi connectivity index (χ3n) is 7.33. The number of rotatable bonds is 5. The zero-order valence-corrected chi connectivity index (χ0v) is 21.3. The molecular formula is C28H28F3N5O3. The second-order valence-corrected chi connectivity index (χ2v) is 9.67. The van der Waals surface area contributed by atoms with Crippen molar-refractivity contribution in [3.63, 3.8) is 0 Å². The Bertz CT molecular complexity index is 1340. The van der Waals surface area contributed by atoms with Crippen LogP contribution in [0.4, 0.5) is 18.9 Å². The molecule has 1 N–H and O–H groups in total. The van der Waals surface area contributed by atoms with E-state index in [0.29, 0.717) is 23.3 Å². The van der Waals surface area contributed by atoms with Crippen LogP contribution in [0.2, 0.25) is 0 Å². The van der Waals surface area contributed by atoms with Crippen LogP contribution in [0.5, 0.6) is 5.75 Å². The maximum Gasteiger partial charge on any atom is 0.417 e. The predicted octanol–water partition coefficient (Wildman–Crippen LogP) is 4.49. The van der Waals surface area contributed by atoms with Crippen LogP contribution < -0.4 is 15.0 Å². The van der Waals surface area contributed by atoms with Crippen molar-refractivity contribution >= 4 is 17.5 Å². The van der Waals surface area contributed by atoms with Gasteiger partial charge in [-0.2, -0.15) is 13.2 Å². The fraction of sp³-hybridized carbons (Fsp3) is 0.357. The first kappa shape index (κ1) is 26.5. The predicted molar refractivity (Wildman–Crippen MR) is 138 cm³/mol. The molecule has 0 saturated carbocycles. The van der Waals surface area contributed by atoms with Crippen molar-refractivity contribution in [2.45, 2.75) is 37.5 Å². The maximum atomic E-state index is 13.4. The Kier molecular flexibility index (Phi) is 7.40. The largest absolute Gasteiger partial charge is 0.493 e. The fourth-order valence-electron chi connectivity index (χ4n) is 5.17. The summed E-state index contributed by atoms with van der Waals surface area (Å²) in [6.45, 7) is 1.90. The van der Waals surface area contributed by atoms with Gasteiger partial charge in [0.15, 0.2) is 0 Å². The minimum atomic E-state index is -4.69.